The van der Waals surface area contributed by atoms with Crippen LogP contribution in [0.25, 0.3) is 0 Å². The quantitative estimate of drug-likeness (QED) is 0.738. The number of hydrogen-bond acceptors (Lipinski definition) is 2. The Bertz CT molecular complexity index is 420. The molecule has 1 aromatic carbocycles. The van der Waals surface area contributed by atoms with Gasteiger partial charge in [-0.15, -0.1) is 0 Å². The molecule has 0 amide bonds. The van der Waals surface area contributed by atoms with Gasteiger partial charge in [0.05, 0.1) is 18.5 Å². The summed E-state index contributed by atoms with van der Waals surface area (Å²) in [5.41, 5.74) is 1.04. The van der Waals surface area contributed by atoms with E-state index in [1.54, 1.807) is 0 Å². The maximum Gasteiger partial charge on any atom is 0.0666 e. The molecule has 2 nitrogen and oxygen atoms in total. The third-order valence-corrected chi connectivity index (χ3v) is 2.51. The van der Waals surface area contributed by atoms with Gasteiger partial charge in [0.2, 0.25) is 0 Å². The van der Waals surface area contributed by atoms with E-state index in [2.05, 4.69) is 29.7 Å². The molecule has 1 rings (SSSR count). The van der Waals surface area contributed by atoms with Crippen LogP contribution in [-0.2, 0) is 0 Å². The van der Waals surface area contributed by atoms with Crippen molar-refractivity contribution in [2.75, 3.05) is 19.6 Å². The first-order valence-electron chi connectivity index (χ1n) is 5.92. The van der Waals surface area contributed by atoms with Crippen molar-refractivity contribution < 1.29 is 0 Å². The zero-order valence-corrected chi connectivity index (χ0v) is 10.5. The molecule has 88 valence electrons. The van der Waals surface area contributed by atoms with Gasteiger partial charge < -0.3 is 0 Å². The summed E-state index contributed by atoms with van der Waals surface area (Å²) < 4.78 is 0. The minimum absolute atomic E-state index is 0.0634. The summed E-state index contributed by atoms with van der Waals surface area (Å²) in [6.07, 6.45) is 0. The lowest BCUT2D eigenvalue weighted by Crippen LogP contribution is -2.28. The number of benzene rings is 1. The van der Waals surface area contributed by atoms with Crippen molar-refractivity contribution >= 4 is 0 Å². The Labute approximate surface area is 104 Å². The first-order chi connectivity index (χ1) is 8.26. The van der Waals surface area contributed by atoms with Gasteiger partial charge in [0.15, 0.2) is 0 Å². The van der Waals surface area contributed by atoms with E-state index in [0.29, 0.717) is 0 Å². The van der Waals surface area contributed by atoms with Crippen molar-refractivity contribution in [3.63, 3.8) is 0 Å². The third-order valence-electron chi connectivity index (χ3n) is 2.51. The standard InChI is InChI=1S/C15H18N2/c1-3-17(13-14(2)12-16)11-7-10-15-8-5-4-6-9-15/h4-6,8-9,14H,3,11,13H2,1-2H3. The topological polar surface area (TPSA) is 27.0 Å². The monoisotopic (exact) mass is 226 g/mol. The van der Waals surface area contributed by atoms with Crippen LogP contribution in [0.1, 0.15) is 19.4 Å². The average molecular weight is 226 g/mol. The maximum absolute atomic E-state index is 8.77. The largest absolute Gasteiger partial charge is 0.291 e. The van der Waals surface area contributed by atoms with Gasteiger partial charge in [0.1, 0.15) is 0 Å². The van der Waals surface area contributed by atoms with Crippen LogP contribution in [0.4, 0.5) is 0 Å². The number of nitriles is 1. The van der Waals surface area contributed by atoms with Crippen molar-refractivity contribution in [3.8, 4) is 17.9 Å². The van der Waals surface area contributed by atoms with E-state index in [1.807, 2.05) is 37.3 Å². The lowest BCUT2D eigenvalue weighted by molar-refractivity contribution is 0.300. The Morgan fingerprint density at radius 2 is 2.00 bits per heavy atom. The van der Waals surface area contributed by atoms with Gasteiger partial charge in [-0.25, -0.2) is 0 Å². The molecule has 0 aliphatic carbocycles. The summed E-state index contributed by atoms with van der Waals surface area (Å²) in [7, 11) is 0. The third kappa shape index (κ3) is 5.20. The van der Waals surface area contributed by atoms with Gasteiger partial charge in [-0.2, -0.15) is 5.26 Å². The van der Waals surface area contributed by atoms with E-state index in [4.69, 9.17) is 5.26 Å². The fourth-order valence-corrected chi connectivity index (χ4v) is 1.51. The smallest absolute Gasteiger partial charge is 0.0666 e. The molecule has 1 aromatic rings. The van der Waals surface area contributed by atoms with Crippen molar-refractivity contribution in [1.82, 2.24) is 4.90 Å². The van der Waals surface area contributed by atoms with Crippen molar-refractivity contribution in [2.24, 2.45) is 5.92 Å². The minimum Gasteiger partial charge on any atom is -0.291 e. The molecule has 1 atom stereocenters. The fraction of sp³-hybridized carbons (Fsp3) is 0.400. The van der Waals surface area contributed by atoms with Crippen LogP contribution in [0.3, 0.4) is 0 Å². The van der Waals surface area contributed by atoms with Crippen LogP contribution in [0.2, 0.25) is 0 Å². The number of rotatable bonds is 4. The van der Waals surface area contributed by atoms with Crippen LogP contribution in [0.5, 0.6) is 0 Å². The summed E-state index contributed by atoms with van der Waals surface area (Å²) >= 11 is 0. The van der Waals surface area contributed by atoms with Gasteiger partial charge >= 0.3 is 0 Å². The molecule has 1 unspecified atom stereocenters. The highest BCUT2D eigenvalue weighted by molar-refractivity contribution is 5.33. The molecule has 0 aromatic heterocycles. The van der Waals surface area contributed by atoms with Gasteiger partial charge in [0.25, 0.3) is 0 Å². The Morgan fingerprint density at radius 1 is 1.29 bits per heavy atom. The van der Waals surface area contributed by atoms with Gasteiger partial charge in [-0.05, 0) is 25.6 Å². The van der Waals surface area contributed by atoms with E-state index >= 15 is 0 Å². The van der Waals surface area contributed by atoms with E-state index in [0.717, 1.165) is 25.2 Å². The average Bonchev–Trinajstić information content (AvgIpc) is 2.38. The summed E-state index contributed by atoms with van der Waals surface area (Å²) in [4.78, 5) is 2.18. The lowest BCUT2D eigenvalue weighted by Gasteiger charge is -2.18. The minimum atomic E-state index is 0.0634. The highest BCUT2D eigenvalue weighted by Crippen LogP contribution is 1.98. The molecule has 0 radical (unpaired) electrons. The highest BCUT2D eigenvalue weighted by atomic mass is 15.1. The van der Waals surface area contributed by atoms with Gasteiger partial charge in [-0.3, -0.25) is 4.90 Å². The predicted octanol–water partition coefficient (Wildman–Crippen LogP) is 2.52. The Morgan fingerprint density at radius 3 is 2.59 bits per heavy atom. The fourth-order valence-electron chi connectivity index (χ4n) is 1.51. The molecule has 2 heteroatoms. The van der Waals surface area contributed by atoms with Crippen molar-refractivity contribution in [1.29, 1.82) is 5.26 Å². The van der Waals surface area contributed by atoms with Crippen LogP contribution >= 0.6 is 0 Å². The second-order valence-corrected chi connectivity index (χ2v) is 4.03. The van der Waals surface area contributed by atoms with Crippen LogP contribution in [0.15, 0.2) is 30.3 Å². The first kappa shape index (κ1) is 13.3. The molecule has 0 heterocycles. The zero-order chi connectivity index (χ0) is 12.5. The molecule has 0 aliphatic rings. The Balaban J connectivity index is 2.49. The molecule has 0 saturated carbocycles. The molecule has 17 heavy (non-hydrogen) atoms. The van der Waals surface area contributed by atoms with E-state index in [1.165, 1.54) is 0 Å². The predicted molar refractivity (Wildman–Crippen MR) is 70.2 cm³/mol. The molecule has 0 spiro atoms. The highest BCUT2D eigenvalue weighted by Gasteiger charge is 2.05. The Hall–Kier alpha value is -1.77. The van der Waals surface area contributed by atoms with Crippen molar-refractivity contribution in [3.05, 3.63) is 35.9 Å². The lowest BCUT2D eigenvalue weighted by atomic mass is 10.2. The number of nitrogens with zero attached hydrogens (tertiary/aromatic N) is 2. The summed E-state index contributed by atoms with van der Waals surface area (Å²) in [5.74, 6) is 6.34. The number of hydrogen-bond donors (Lipinski definition) is 0. The van der Waals surface area contributed by atoms with Crippen LogP contribution in [-0.4, -0.2) is 24.5 Å². The van der Waals surface area contributed by atoms with E-state index in [-0.39, 0.29) is 5.92 Å². The summed E-state index contributed by atoms with van der Waals surface area (Å²) in [6, 6.07) is 12.2. The molecule has 0 aliphatic heterocycles. The summed E-state index contributed by atoms with van der Waals surface area (Å²) in [6.45, 7) is 6.46. The van der Waals surface area contributed by atoms with E-state index in [9.17, 15) is 0 Å². The molecule has 0 saturated heterocycles. The molecule has 0 N–H and O–H groups in total. The Kier molecular flexibility index (Phi) is 5.86. The molecular weight excluding hydrogens is 208 g/mol. The van der Waals surface area contributed by atoms with Crippen LogP contribution < -0.4 is 0 Å². The maximum atomic E-state index is 8.77. The van der Waals surface area contributed by atoms with Gasteiger partial charge in [-0.1, -0.05) is 37.0 Å². The first-order valence-corrected chi connectivity index (χ1v) is 5.92. The molecule has 0 fully saturated rings. The van der Waals surface area contributed by atoms with Gasteiger partial charge in [0, 0.05) is 12.1 Å². The normalized spacial score (nSPS) is 11.4. The molecular formula is C15H18N2. The zero-order valence-electron chi connectivity index (χ0n) is 10.5. The second kappa shape index (κ2) is 7.49. The molecule has 0 bridgehead atoms. The second-order valence-electron chi connectivity index (χ2n) is 4.03. The SMILES string of the molecule is CCN(CC#Cc1ccccc1)CC(C)C#N. The summed E-state index contributed by atoms with van der Waals surface area (Å²) in [5, 5.41) is 8.77. The van der Waals surface area contributed by atoms with Crippen LogP contribution in [0, 0.1) is 29.1 Å². The van der Waals surface area contributed by atoms with Crippen molar-refractivity contribution in [2.45, 2.75) is 13.8 Å². The van der Waals surface area contributed by atoms with E-state index < -0.39 is 0 Å².